The van der Waals surface area contributed by atoms with E-state index in [1.165, 1.54) is 12.1 Å². The lowest BCUT2D eigenvalue weighted by molar-refractivity contribution is -0.144. The molecule has 5 nitrogen and oxygen atoms in total. The van der Waals surface area contributed by atoms with Crippen molar-refractivity contribution in [1.82, 2.24) is 4.98 Å². The fourth-order valence-electron chi connectivity index (χ4n) is 2.00. The third-order valence-corrected chi connectivity index (χ3v) is 2.98. The van der Waals surface area contributed by atoms with Gasteiger partial charge in [-0.05, 0) is 11.6 Å². The Morgan fingerprint density at radius 2 is 2.19 bits per heavy atom. The summed E-state index contributed by atoms with van der Waals surface area (Å²) in [5.41, 5.74) is 0.724. The van der Waals surface area contributed by atoms with Gasteiger partial charge in [0.05, 0.1) is 6.20 Å². The van der Waals surface area contributed by atoms with Gasteiger partial charge in [-0.1, -0.05) is 6.07 Å². The summed E-state index contributed by atoms with van der Waals surface area (Å²) in [6, 6.07) is 5.28. The Kier molecular flexibility index (Phi) is 3.17. The molecule has 2 aromatic rings. The summed E-state index contributed by atoms with van der Waals surface area (Å²) >= 11 is 0. The molecule has 1 aliphatic rings. The van der Waals surface area contributed by atoms with Gasteiger partial charge >= 0.3 is 5.97 Å². The Balaban J connectivity index is 1.83. The van der Waals surface area contributed by atoms with Crippen LogP contribution in [0.4, 0.5) is 8.78 Å². The molecule has 0 saturated carbocycles. The van der Waals surface area contributed by atoms with Crippen LogP contribution in [-0.4, -0.2) is 22.2 Å². The third kappa shape index (κ3) is 2.62. The van der Waals surface area contributed by atoms with E-state index in [1.807, 2.05) is 0 Å². The molecule has 1 unspecified atom stereocenters. The first-order chi connectivity index (χ1) is 10.0. The number of nitrogens with zero attached hydrogens (tertiary/aromatic N) is 1. The molecule has 21 heavy (non-hydrogen) atoms. The van der Waals surface area contributed by atoms with E-state index >= 15 is 0 Å². The minimum Gasteiger partial charge on any atom is -0.478 e. The molecule has 1 aromatic carbocycles. The van der Waals surface area contributed by atoms with Gasteiger partial charge in [0.15, 0.2) is 11.9 Å². The zero-order valence-electron chi connectivity index (χ0n) is 10.5. The van der Waals surface area contributed by atoms with Crippen LogP contribution < -0.4 is 9.47 Å². The molecule has 0 radical (unpaired) electrons. The molecule has 0 amide bonds. The lowest BCUT2D eigenvalue weighted by Crippen LogP contribution is -2.24. The average molecular weight is 293 g/mol. The van der Waals surface area contributed by atoms with Gasteiger partial charge in [-0.25, -0.2) is 18.6 Å². The summed E-state index contributed by atoms with van der Waals surface area (Å²) in [4.78, 5) is 14.4. The second-order valence-corrected chi connectivity index (χ2v) is 4.46. The smallest absolute Gasteiger partial charge is 0.345 e. The zero-order valence-corrected chi connectivity index (χ0v) is 10.5. The second kappa shape index (κ2) is 5.01. The van der Waals surface area contributed by atoms with E-state index in [-0.39, 0.29) is 18.1 Å². The van der Waals surface area contributed by atoms with Crippen molar-refractivity contribution in [2.75, 3.05) is 0 Å². The van der Waals surface area contributed by atoms with Crippen molar-refractivity contribution in [2.45, 2.75) is 12.5 Å². The van der Waals surface area contributed by atoms with E-state index in [2.05, 4.69) is 4.98 Å². The molecule has 1 aliphatic heterocycles. The van der Waals surface area contributed by atoms with Gasteiger partial charge in [0.25, 0.3) is 5.88 Å². The number of hydrogen-bond donors (Lipinski definition) is 1. The first-order valence-corrected chi connectivity index (χ1v) is 6.04. The van der Waals surface area contributed by atoms with Crippen molar-refractivity contribution >= 4 is 5.97 Å². The molecule has 0 fully saturated rings. The third-order valence-electron chi connectivity index (χ3n) is 2.98. The minimum atomic E-state index is -1.06. The number of pyridine rings is 1. The van der Waals surface area contributed by atoms with E-state index in [0.29, 0.717) is 11.8 Å². The van der Waals surface area contributed by atoms with Crippen LogP contribution in [0.15, 0.2) is 30.5 Å². The van der Waals surface area contributed by atoms with E-state index in [4.69, 9.17) is 14.6 Å². The number of ether oxygens (including phenoxy) is 2. The van der Waals surface area contributed by atoms with Crippen LogP contribution in [0.1, 0.15) is 5.56 Å². The molecule has 0 spiro atoms. The first kappa shape index (κ1) is 13.3. The van der Waals surface area contributed by atoms with Crippen LogP contribution >= 0.6 is 0 Å². The maximum Gasteiger partial charge on any atom is 0.345 e. The highest BCUT2D eigenvalue weighted by Crippen LogP contribution is 2.34. The summed E-state index contributed by atoms with van der Waals surface area (Å²) in [6.07, 6.45) is 0.160. The number of carboxylic acid groups (broad SMARTS) is 1. The molecular weight excluding hydrogens is 284 g/mol. The number of carboxylic acids is 1. The normalized spacial score (nSPS) is 16.2. The molecule has 7 heteroatoms. The Morgan fingerprint density at radius 1 is 1.38 bits per heavy atom. The number of carbonyl (C=O) groups is 1. The Hall–Kier alpha value is -2.70. The van der Waals surface area contributed by atoms with Gasteiger partial charge < -0.3 is 14.6 Å². The van der Waals surface area contributed by atoms with Gasteiger partial charge in [-0.2, -0.15) is 0 Å². The van der Waals surface area contributed by atoms with Gasteiger partial charge in [0, 0.05) is 18.6 Å². The molecule has 1 N–H and O–H groups in total. The molecule has 108 valence electrons. The van der Waals surface area contributed by atoms with Crippen molar-refractivity contribution in [1.29, 1.82) is 0 Å². The Labute approximate surface area is 117 Å². The highest BCUT2D eigenvalue weighted by molar-refractivity contribution is 5.74. The topological polar surface area (TPSA) is 68.7 Å². The molecule has 0 aliphatic carbocycles. The predicted octanol–water partition coefficient (Wildman–Crippen LogP) is 2.54. The van der Waals surface area contributed by atoms with E-state index in [1.54, 1.807) is 6.07 Å². The minimum absolute atomic E-state index is 0.220. The van der Waals surface area contributed by atoms with Crippen LogP contribution in [0.5, 0.6) is 17.4 Å². The molecule has 1 atom stereocenters. The summed E-state index contributed by atoms with van der Waals surface area (Å²) in [5, 5.41) is 8.90. The SMILES string of the molecule is O=C(O)C1Cc2ccc(Oc3ncc(F)cc3F)cc2O1. The fraction of sp³-hybridized carbons (Fsp3) is 0.143. The highest BCUT2D eigenvalue weighted by atomic mass is 19.1. The standard InChI is InChI=1S/C14H9F2NO4/c15-8-4-10(16)13(17-6-8)20-9-2-1-7-3-12(14(18)19)21-11(7)5-9/h1-2,4-6,12H,3H2,(H,18,19). The van der Waals surface area contributed by atoms with Gasteiger partial charge in [0.2, 0.25) is 0 Å². The van der Waals surface area contributed by atoms with Crippen LogP contribution in [0.25, 0.3) is 0 Å². The van der Waals surface area contributed by atoms with Crippen LogP contribution in [0, 0.1) is 11.6 Å². The quantitative estimate of drug-likeness (QED) is 0.941. The lowest BCUT2D eigenvalue weighted by atomic mass is 10.1. The summed E-state index contributed by atoms with van der Waals surface area (Å²) < 4.78 is 36.6. The van der Waals surface area contributed by atoms with Crippen molar-refractivity contribution in [3.8, 4) is 17.4 Å². The van der Waals surface area contributed by atoms with E-state index < -0.39 is 23.7 Å². The number of rotatable bonds is 3. The number of aromatic nitrogens is 1. The number of hydrogen-bond acceptors (Lipinski definition) is 4. The lowest BCUT2D eigenvalue weighted by Gasteiger charge is -2.07. The maximum absolute atomic E-state index is 13.4. The Morgan fingerprint density at radius 3 is 2.90 bits per heavy atom. The van der Waals surface area contributed by atoms with Gasteiger partial charge in [-0.15, -0.1) is 0 Å². The second-order valence-electron chi connectivity index (χ2n) is 4.46. The van der Waals surface area contributed by atoms with E-state index in [9.17, 15) is 13.6 Å². The number of fused-ring (bicyclic) bond motifs is 1. The molecule has 1 aromatic heterocycles. The summed E-state index contributed by atoms with van der Waals surface area (Å²) in [5.74, 6) is -2.58. The fourth-order valence-corrected chi connectivity index (χ4v) is 2.00. The van der Waals surface area contributed by atoms with Gasteiger partial charge in [-0.3, -0.25) is 0 Å². The van der Waals surface area contributed by atoms with E-state index in [0.717, 1.165) is 11.8 Å². The average Bonchev–Trinajstić information content (AvgIpc) is 2.85. The summed E-state index contributed by atoms with van der Waals surface area (Å²) in [6.45, 7) is 0. The number of halogens is 2. The maximum atomic E-state index is 13.4. The largest absolute Gasteiger partial charge is 0.478 e. The van der Waals surface area contributed by atoms with Crippen LogP contribution in [-0.2, 0) is 11.2 Å². The van der Waals surface area contributed by atoms with Crippen molar-refractivity contribution < 1.29 is 28.2 Å². The van der Waals surface area contributed by atoms with Crippen LogP contribution in [0.2, 0.25) is 0 Å². The predicted molar refractivity (Wildman–Crippen MR) is 66.4 cm³/mol. The number of benzene rings is 1. The molecular formula is C14H9F2NO4. The first-order valence-electron chi connectivity index (χ1n) is 6.04. The van der Waals surface area contributed by atoms with Crippen molar-refractivity contribution in [2.24, 2.45) is 0 Å². The molecule has 0 bridgehead atoms. The Bertz CT molecular complexity index is 720. The molecule has 2 heterocycles. The highest BCUT2D eigenvalue weighted by Gasteiger charge is 2.29. The van der Waals surface area contributed by atoms with Crippen molar-refractivity contribution in [3.05, 3.63) is 47.7 Å². The monoisotopic (exact) mass is 293 g/mol. The summed E-state index contributed by atoms with van der Waals surface area (Å²) in [7, 11) is 0. The van der Waals surface area contributed by atoms with Gasteiger partial charge in [0.1, 0.15) is 17.3 Å². The molecule has 3 rings (SSSR count). The molecule has 0 saturated heterocycles. The van der Waals surface area contributed by atoms with Crippen LogP contribution in [0.3, 0.4) is 0 Å². The zero-order chi connectivity index (χ0) is 15.0. The number of aliphatic carboxylic acids is 1. The van der Waals surface area contributed by atoms with Crippen molar-refractivity contribution in [3.63, 3.8) is 0 Å².